The predicted molar refractivity (Wildman–Crippen MR) is 74.5 cm³/mol. The summed E-state index contributed by atoms with van der Waals surface area (Å²) in [6.45, 7) is 0. The molecule has 1 atom stereocenters. The maximum atomic E-state index is 6.22. The highest BCUT2D eigenvalue weighted by atomic mass is 16.5. The van der Waals surface area contributed by atoms with Gasteiger partial charge in [-0.25, -0.2) is 0 Å². The molecule has 0 saturated heterocycles. The fourth-order valence-electron chi connectivity index (χ4n) is 1.98. The Labute approximate surface area is 107 Å². The van der Waals surface area contributed by atoms with E-state index in [0.717, 1.165) is 17.7 Å². The molecule has 4 N–H and O–H groups in total. The highest BCUT2D eigenvalue weighted by Gasteiger charge is 2.11. The van der Waals surface area contributed by atoms with Crippen LogP contribution in [-0.4, -0.2) is 7.11 Å². The van der Waals surface area contributed by atoms with Gasteiger partial charge in [0, 0.05) is 11.7 Å². The molecule has 94 valence electrons. The van der Waals surface area contributed by atoms with E-state index < -0.39 is 0 Å². The van der Waals surface area contributed by atoms with Crippen molar-refractivity contribution in [3.05, 3.63) is 59.7 Å². The van der Waals surface area contributed by atoms with E-state index in [4.69, 9.17) is 16.2 Å². The molecule has 0 fully saturated rings. The Hall–Kier alpha value is -2.00. The third kappa shape index (κ3) is 2.81. The summed E-state index contributed by atoms with van der Waals surface area (Å²) < 4.78 is 5.20. The minimum atomic E-state index is -0.123. The Morgan fingerprint density at radius 3 is 2.50 bits per heavy atom. The summed E-state index contributed by atoms with van der Waals surface area (Å²) in [5.74, 6) is 0.780. The van der Waals surface area contributed by atoms with Crippen LogP contribution in [0.3, 0.4) is 0 Å². The van der Waals surface area contributed by atoms with Crippen LogP contribution in [0.2, 0.25) is 0 Å². The number of ether oxygens (including phenoxy) is 1. The quantitative estimate of drug-likeness (QED) is 0.810. The zero-order valence-corrected chi connectivity index (χ0v) is 10.5. The lowest BCUT2D eigenvalue weighted by Crippen LogP contribution is -2.15. The van der Waals surface area contributed by atoms with Crippen LogP contribution in [0.5, 0.6) is 5.75 Å². The first-order valence-electron chi connectivity index (χ1n) is 5.93. The molecule has 0 bridgehead atoms. The van der Waals surface area contributed by atoms with E-state index >= 15 is 0 Å². The molecule has 3 heteroatoms. The first kappa shape index (κ1) is 12.5. The largest absolute Gasteiger partial charge is 0.497 e. The molecule has 0 heterocycles. The molecular formula is C15H18N2O. The number of anilines is 1. The van der Waals surface area contributed by atoms with Crippen LogP contribution in [0.25, 0.3) is 0 Å². The molecule has 2 aromatic carbocycles. The molecule has 18 heavy (non-hydrogen) atoms. The maximum Gasteiger partial charge on any atom is 0.119 e. The van der Waals surface area contributed by atoms with E-state index in [9.17, 15) is 0 Å². The molecule has 0 spiro atoms. The van der Waals surface area contributed by atoms with E-state index in [1.54, 1.807) is 7.11 Å². The normalized spacial score (nSPS) is 12.1. The Balaban J connectivity index is 2.20. The summed E-state index contributed by atoms with van der Waals surface area (Å²) in [7, 11) is 1.64. The first-order valence-corrected chi connectivity index (χ1v) is 5.93. The number of rotatable bonds is 4. The van der Waals surface area contributed by atoms with Gasteiger partial charge in [-0.3, -0.25) is 0 Å². The topological polar surface area (TPSA) is 61.3 Å². The summed E-state index contributed by atoms with van der Waals surface area (Å²) in [4.78, 5) is 0. The van der Waals surface area contributed by atoms with Gasteiger partial charge in [0.05, 0.1) is 7.11 Å². The van der Waals surface area contributed by atoms with Crippen LogP contribution >= 0.6 is 0 Å². The van der Waals surface area contributed by atoms with Crippen LogP contribution < -0.4 is 16.2 Å². The lowest BCUT2D eigenvalue weighted by Gasteiger charge is -2.15. The van der Waals surface area contributed by atoms with Crippen molar-refractivity contribution in [2.45, 2.75) is 12.5 Å². The third-order valence-electron chi connectivity index (χ3n) is 2.99. The SMILES string of the molecule is COc1ccc(N)c(C(N)Cc2ccccc2)c1. The van der Waals surface area contributed by atoms with E-state index in [-0.39, 0.29) is 6.04 Å². The lowest BCUT2D eigenvalue weighted by atomic mass is 9.98. The summed E-state index contributed by atoms with van der Waals surface area (Å²) in [5.41, 5.74) is 15.0. The number of benzene rings is 2. The van der Waals surface area contributed by atoms with Crippen molar-refractivity contribution in [2.24, 2.45) is 5.73 Å². The molecule has 0 aliphatic rings. The molecular weight excluding hydrogens is 224 g/mol. The van der Waals surface area contributed by atoms with Crippen molar-refractivity contribution in [3.8, 4) is 5.75 Å². The van der Waals surface area contributed by atoms with E-state index in [1.165, 1.54) is 5.56 Å². The first-order chi connectivity index (χ1) is 8.70. The highest BCUT2D eigenvalue weighted by molar-refractivity contribution is 5.52. The number of methoxy groups -OCH3 is 1. The number of nitrogens with two attached hydrogens (primary N) is 2. The highest BCUT2D eigenvalue weighted by Crippen LogP contribution is 2.26. The zero-order chi connectivity index (χ0) is 13.0. The van der Waals surface area contributed by atoms with Gasteiger partial charge in [0.15, 0.2) is 0 Å². The standard InChI is InChI=1S/C15H18N2O/c1-18-12-7-8-14(16)13(10-12)15(17)9-11-5-3-2-4-6-11/h2-8,10,15H,9,16-17H2,1H3. The van der Waals surface area contributed by atoms with Crippen LogP contribution in [0.1, 0.15) is 17.2 Å². The van der Waals surface area contributed by atoms with Gasteiger partial charge in [0.1, 0.15) is 5.75 Å². The molecule has 2 aromatic rings. The van der Waals surface area contributed by atoms with Crippen LogP contribution in [0.15, 0.2) is 48.5 Å². The van der Waals surface area contributed by atoms with Gasteiger partial charge >= 0.3 is 0 Å². The molecule has 0 radical (unpaired) electrons. The second-order valence-electron chi connectivity index (χ2n) is 4.29. The summed E-state index contributed by atoms with van der Waals surface area (Å²) >= 11 is 0. The summed E-state index contributed by atoms with van der Waals surface area (Å²) in [6.07, 6.45) is 0.762. The van der Waals surface area contributed by atoms with Crippen molar-refractivity contribution >= 4 is 5.69 Å². The minimum Gasteiger partial charge on any atom is -0.497 e. The van der Waals surface area contributed by atoms with Gasteiger partial charge in [-0.1, -0.05) is 30.3 Å². The van der Waals surface area contributed by atoms with Crippen LogP contribution in [-0.2, 0) is 6.42 Å². The molecule has 0 aliphatic carbocycles. The van der Waals surface area contributed by atoms with Crippen molar-refractivity contribution in [1.29, 1.82) is 0 Å². The Kier molecular flexibility index (Phi) is 3.85. The molecule has 0 aromatic heterocycles. The van der Waals surface area contributed by atoms with Gasteiger partial charge in [0.2, 0.25) is 0 Å². The smallest absolute Gasteiger partial charge is 0.119 e. The fraction of sp³-hybridized carbons (Fsp3) is 0.200. The molecule has 2 rings (SSSR count). The van der Waals surface area contributed by atoms with Crippen LogP contribution in [0, 0.1) is 0 Å². The molecule has 0 aliphatic heterocycles. The molecule has 3 nitrogen and oxygen atoms in total. The van der Waals surface area contributed by atoms with Gasteiger partial charge in [0.25, 0.3) is 0 Å². The number of nitrogen functional groups attached to an aromatic ring is 1. The Bertz CT molecular complexity index is 511. The van der Waals surface area contributed by atoms with Crippen molar-refractivity contribution < 1.29 is 4.74 Å². The van der Waals surface area contributed by atoms with Gasteiger partial charge < -0.3 is 16.2 Å². The van der Waals surface area contributed by atoms with E-state index in [2.05, 4.69) is 12.1 Å². The molecule has 0 saturated carbocycles. The second-order valence-corrected chi connectivity index (χ2v) is 4.29. The van der Waals surface area contributed by atoms with Crippen molar-refractivity contribution in [1.82, 2.24) is 0 Å². The fourth-order valence-corrected chi connectivity index (χ4v) is 1.98. The Morgan fingerprint density at radius 1 is 1.11 bits per heavy atom. The maximum absolute atomic E-state index is 6.22. The third-order valence-corrected chi connectivity index (χ3v) is 2.99. The van der Waals surface area contributed by atoms with Crippen molar-refractivity contribution in [3.63, 3.8) is 0 Å². The Morgan fingerprint density at radius 2 is 1.83 bits per heavy atom. The van der Waals surface area contributed by atoms with Crippen LogP contribution in [0.4, 0.5) is 5.69 Å². The van der Waals surface area contributed by atoms with Gasteiger partial charge in [-0.05, 0) is 35.7 Å². The summed E-state index contributed by atoms with van der Waals surface area (Å²) in [6, 6.07) is 15.6. The van der Waals surface area contributed by atoms with E-state index in [0.29, 0.717) is 5.69 Å². The molecule has 1 unspecified atom stereocenters. The number of hydrogen-bond acceptors (Lipinski definition) is 3. The minimum absolute atomic E-state index is 0.123. The molecule has 0 amide bonds. The average molecular weight is 242 g/mol. The average Bonchev–Trinajstić information content (AvgIpc) is 2.40. The summed E-state index contributed by atoms with van der Waals surface area (Å²) in [5, 5.41) is 0. The lowest BCUT2D eigenvalue weighted by molar-refractivity contribution is 0.414. The zero-order valence-electron chi connectivity index (χ0n) is 10.5. The van der Waals surface area contributed by atoms with E-state index in [1.807, 2.05) is 36.4 Å². The second kappa shape index (κ2) is 5.56. The van der Waals surface area contributed by atoms with Crippen molar-refractivity contribution in [2.75, 3.05) is 12.8 Å². The number of hydrogen-bond donors (Lipinski definition) is 2. The van der Waals surface area contributed by atoms with Gasteiger partial charge in [-0.15, -0.1) is 0 Å². The van der Waals surface area contributed by atoms with Gasteiger partial charge in [-0.2, -0.15) is 0 Å². The predicted octanol–water partition coefficient (Wildman–Crippen LogP) is 2.52. The monoisotopic (exact) mass is 242 g/mol.